The number of rotatable bonds is 3. The van der Waals surface area contributed by atoms with E-state index < -0.39 is 0 Å². The minimum atomic E-state index is 0.109. The van der Waals surface area contributed by atoms with Crippen molar-refractivity contribution in [2.45, 2.75) is 13.3 Å². The van der Waals surface area contributed by atoms with Gasteiger partial charge in [0.05, 0.1) is 6.42 Å². The molecule has 2 aromatic heterocycles. The Labute approximate surface area is 156 Å². The van der Waals surface area contributed by atoms with E-state index in [1.54, 1.807) is 10.8 Å². The number of carbonyl (C=O) groups excluding carboxylic acids is 1. The van der Waals surface area contributed by atoms with Crippen LogP contribution in [-0.2, 0) is 11.2 Å². The van der Waals surface area contributed by atoms with Gasteiger partial charge in [0, 0.05) is 31.2 Å². The van der Waals surface area contributed by atoms with Gasteiger partial charge in [-0.2, -0.15) is 4.52 Å². The second-order valence-corrected chi connectivity index (χ2v) is 6.87. The summed E-state index contributed by atoms with van der Waals surface area (Å²) in [4.78, 5) is 16.7. The summed E-state index contributed by atoms with van der Waals surface area (Å²) in [7, 11) is 0. The lowest BCUT2D eigenvalue weighted by Crippen LogP contribution is -2.49. The Hall–Kier alpha value is -2.67. The van der Waals surface area contributed by atoms with E-state index in [1.165, 1.54) is 0 Å². The number of hydrogen-bond acceptors (Lipinski definition) is 5. The molecule has 0 aliphatic carbocycles. The Morgan fingerprint density at radius 1 is 1.15 bits per heavy atom. The smallest absolute Gasteiger partial charge is 0.227 e. The molecule has 0 bridgehead atoms. The van der Waals surface area contributed by atoms with E-state index in [1.807, 2.05) is 42.2 Å². The summed E-state index contributed by atoms with van der Waals surface area (Å²) in [6.45, 7) is 4.82. The van der Waals surface area contributed by atoms with Crippen molar-refractivity contribution >= 4 is 29.0 Å². The first-order valence-electron chi connectivity index (χ1n) is 8.55. The number of nitrogens with zero attached hydrogens (tertiary/aromatic N) is 6. The molecule has 1 fully saturated rings. The van der Waals surface area contributed by atoms with Gasteiger partial charge >= 0.3 is 0 Å². The van der Waals surface area contributed by atoms with Gasteiger partial charge in [-0.1, -0.05) is 23.7 Å². The molecule has 0 spiro atoms. The maximum absolute atomic E-state index is 12.6. The standard InChI is InChI=1S/C18H19ClN6O/c1-13-2-3-14(15(19)10-13)11-18(26)24-8-6-23(7-9-24)17-5-4-16-21-20-12-25(16)22-17/h2-5,10,12H,6-9,11H2,1H3. The van der Waals surface area contributed by atoms with Crippen LogP contribution in [0.4, 0.5) is 5.82 Å². The summed E-state index contributed by atoms with van der Waals surface area (Å²) in [5.74, 6) is 0.976. The number of piperazine rings is 1. The van der Waals surface area contributed by atoms with Crippen molar-refractivity contribution in [3.05, 3.63) is 52.8 Å². The lowest BCUT2D eigenvalue weighted by molar-refractivity contribution is -0.130. The molecule has 134 valence electrons. The monoisotopic (exact) mass is 370 g/mol. The Morgan fingerprint density at radius 2 is 1.96 bits per heavy atom. The van der Waals surface area contributed by atoms with Crippen molar-refractivity contribution in [2.75, 3.05) is 31.1 Å². The number of amides is 1. The third-order valence-electron chi connectivity index (χ3n) is 4.65. The lowest BCUT2D eigenvalue weighted by Gasteiger charge is -2.35. The number of fused-ring (bicyclic) bond motifs is 1. The molecule has 4 rings (SSSR count). The first-order valence-corrected chi connectivity index (χ1v) is 8.93. The molecule has 0 N–H and O–H groups in total. The van der Waals surface area contributed by atoms with Gasteiger partial charge in [-0.3, -0.25) is 4.79 Å². The molecular formula is C18H19ClN6O. The molecule has 7 nitrogen and oxygen atoms in total. The number of carbonyl (C=O) groups is 1. The fraction of sp³-hybridized carbons (Fsp3) is 0.333. The minimum Gasteiger partial charge on any atom is -0.352 e. The van der Waals surface area contributed by atoms with Crippen molar-refractivity contribution in [3.8, 4) is 0 Å². The molecule has 0 atom stereocenters. The van der Waals surface area contributed by atoms with Crippen LogP contribution in [0.25, 0.3) is 5.65 Å². The fourth-order valence-electron chi connectivity index (χ4n) is 3.14. The fourth-order valence-corrected chi connectivity index (χ4v) is 3.44. The molecule has 3 heterocycles. The topological polar surface area (TPSA) is 66.6 Å². The SMILES string of the molecule is Cc1ccc(CC(=O)N2CCN(c3ccc4nncn4n3)CC2)c(Cl)c1. The van der Waals surface area contributed by atoms with E-state index in [2.05, 4.69) is 20.2 Å². The second-order valence-electron chi connectivity index (χ2n) is 6.46. The highest BCUT2D eigenvalue weighted by Crippen LogP contribution is 2.20. The van der Waals surface area contributed by atoms with Crippen LogP contribution < -0.4 is 4.90 Å². The predicted octanol–water partition coefficient (Wildman–Crippen LogP) is 1.98. The van der Waals surface area contributed by atoms with Gasteiger partial charge in [-0.25, -0.2) is 0 Å². The third kappa shape index (κ3) is 3.35. The first-order chi connectivity index (χ1) is 12.6. The van der Waals surface area contributed by atoms with Crippen LogP contribution in [-0.4, -0.2) is 56.8 Å². The molecule has 1 aromatic carbocycles. The zero-order chi connectivity index (χ0) is 18.1. The third-order valence-corrected chi connectivity index (χ3v) is 5.01. The maximum atomic E-state index is 12.6. The maximum Gasteiger partial charge on any atom is 0.227 e. The van der Waals surface area contributed by atoms with Crippen molar-refractivity contribution in [1.29, 1.82) is 0 Å². The molecule has 0 unspecified atom stereocenters. The summed E-state index contributed by atoms with van der Waals surface area (Å²) in [5.41, 5.74) is 2.69. The van der Waals surface area contributed by atoms with Crippen molar-refractivity contribution in [2.24, 2.45) is 0 Å². The van der Waals surface area contributed by atoms with E-state index in [4.69, 9.17) is 11.6 Å². The summed E-state index contributed by atoms with van der Waals surface area (Å²) in [6.07, 6.45) is 1.92. The van der Waals surface area contributed by atoms with Crippen molar-refractivity contribution < 1.29 is 4.79 Å². The van der Waals surface area contributed by atoms with Gasteiger partial charge in [-0.15, -0.1) is 15.3 Å². The van der Waals surface area contributed by atoms with Crippen molar-refractivity contribution in [1.82, 2.24) is 24.7 Å². The van der Waals surface area contributed by atoms with E-state index in [0.29, 0.717) is 24.5 Å². The number of benzene rings is 1. The average molecular weight is 371 g/mol. The summed E-state index contributed by atoms with van der Waals surface area (Å²) in [5, 5.41) is 13.0. The van der Waals surface area contributed by atoms with E-state index in [9.17, 15) is 4.79 Å². The molecule has 0 radical (unpaired) electrons. The zero-order valence-corrected chi connectivity index (χ0v) is 15.2. The molecule has 8 heteroatoms. The number of halogens is 1. The van der Waals surface area contributed by atoms with Gasteiger partial charge < -0.3 is 9.80 Å². The van der Waals surface area contributed by atoms with Crippen LogP contribution in [0.15, 0.2) is 36.7 Å². The average Bonchev–Trinajstić information content (AvgIpc) is 3.12. The highest BCUT2D eigenvalue weighted by Gasteiger charge is 2.22. The normalized spacial score (nSPS) is 14.8. The van der Waals surface area contributed by atoms with Crippen LogP contribution in [0.1, 0.15) is 11.1 Å². The van der Waals surface area contributed by atoms with Crippen LogP contribution in [0, 0.1) is 6.92 Å². The Balaban J connectivity index is 1.38. The Morgan fingerprint density at radius 3 is 2.73 bits per heavy atom. The van der Waals surface area contributed by atoms with E-state index >= 15 is 0 Å². The molecule has 1 saturated heterocycles. The number of anilines is 1. The van der Waals surface area contributed by atoms with Gasteiger partial charge in [-0.05, 0) is 36.2 Å². The highest BCUT2D eigenvalue weighted by molar-refractivity contribution is 6.31. The number of hydrogen-bond donors (Lipinski definition) is 0. The molecular weight excluding hydrogens is 352 g/mol. The second kappa shape index (κ2) is 6.92. The molecule has 26 heavy (non-hydrogen) atoms. The van der Waals surface area contributed by atoms with Crippen LogP contribution in [0.2, 0.25) is 5.02 Å². The zero-order valence-electron chi connectivity index (χ0n) is 14.5. The summed E-state index contributed by atoms with van der Waals surface area (Å²) < 4.78 is 1.66. The van der Waals surface area contributed by atoms with Gasteiger partial charge in [0.1, 0.15) is 12.1 Å². The summed E-state index contributed by atoms with van der Waals surface area (Å²) in [6, 6.07) is 9.65. The first kappa shape index (κ1) is 16.8. The largest absolute Gasteiger partial charge is 0.352 e. The quantitative estimate of drug-likeness (QED) is 0.705. The van der Waals surface area contributed by atoms with E-state index in [-0.39, 0.29) is 5.91 Å². The highest BCUT2D eigenvalue weighted by atomic mass is 35.5. The Kier molecular flexibility index (Phi) is 4.46. The predicted molar refractivity (Wildman–Crippen MR) is 99.5 cm³/mol. The molecule has 1 amide bonds. The lowest BCUT2D eigenvalue weighted by atomic mass is 10.1. The van der Waals surface area contributed by atoms with Gasteiger partial charge in [0.25, 0.3) is 0 Å². The molecule has 0 saturated carbocycles. The van der Waals surface area contributed by atoms with Gasteiger partial charge in [0.15, 0.2) is 5.65 Å². The molecule has 1 aliphatic heterocycles. The van der Waals surface area contributed by atoms with Crippen LogP contribution in [0.3, 0.4) is 0 Å². The molecule has 3 aromatic rings. The molecule has 1 aliphatic rings. The van der Waals surface area contributed by atoms with Gasteiger partial charge in [0.2, 0.25) is 5.91 Å². The van der Waals surface area contributed by atoms with Crippen LogP contribution in [0.5, 0.6) is 0 Å². The van der Waals surface area contributed by atoms with Crippen LogP contribution >= 0.6 is 11.6 Å². The number of aryl methyl sites for hydroxylation is 1. The minimum absolute atomic E-state index is 0.109. The summed E-state index contributed by atoms with van der Waals surface area (Å²) >= 11 is 6.25. The van der Waals surface area contributed by atoms with Crippen molar-refractivity contribution in [3.63, 3.8) is 0 Å². The Bertz CT molecular complexity index is 948. The number of aromatic nitrogens is 4. The van der Waals surface area contributed by atoms with E-state index in [0.717, 1.165) is 35.7 Å².